The molecule has 0 unspecified atom stereocenters. The SMILES string of the molecule is CC(=O)S(C(C)=O)(C(C)=O)(C(C)=O)(c1ccc(Cl)cc1)[C@@H]1O[C@H](CO)[C@H](O)[C@H](O)[C@H]1O. The van der Waals surface area contributed by atoms with Gasteiger partial charge in [0.1, 0.15) is 29.9 Å². The van der Waals surface area contributed by atoms with E-state index in [1.54, 1.807) is 0 Å². The minimum atomic E-state index is -6.38. The monoisotopic (exact) mass is 478 g/mol. The topological polar surface area (TPSA) is 158 Å². The molecule has 0 bridgehead atoms. The molecule has 174 valence electrons. The number of rotatable bonds is 3. The van der Waals surface area contributed by atoms with Crippen LogP contribution in [0.15, 0.2) is 29.2 Å². The Kier molecular flexibility index (Phi) is 6.39. The third kappa shape index (κ3) is 2.41. The first kappa shape index (κ1) is 25.6. The molecule has 2 rings (SSSR count). The minimum Gasteiger partial charge on any atom is -0.394 e. The van der Waals surface area contributed by atoms with Gasteiger partial charge >= 0.3 is 0 Å². The lowest BCUT2D eigenvalue weighted by Crippen LogP contribution is -2.73. The summed E-state index contributed by atoms with van der Waals surface area (Å²) in [4.78, 5) is 54.5. The molecule has 0 radical (unpaired) electrons. The van der Waals surface area contributed by atoms with Crippen LogP contribution < -0.4 is 0 Å². The standard InChI is InChI=1S/C20H27ClO9S/c1-10(23)31(11(2)24,12(3)25,13(4)26,15-7-5-14(21)6-8-15)20-19(29)18(28)17(27)16(9-22)30-20/h5-8,16-20,22,27-29H,9H2,1-4H3/t16-,17+,18+,19-,20+/m1/s1. The summed E-state index contributed by atoms with van der Waals surface area (Å²) in [6.07, 6.45) is -7.63. The van der Waals surface area contributed by atoms with Crippen molar-refractivity contribution in [2.45, 2.75) is 62.4 Å². The van der Waals surface area contributed by atoms with E-state index in [1.165, 1.54) is 24.3 Å². The summed E-state index contributed by atoms with van der Waals surface area (Å²) in [5.41, 5.74) is -2.19. The van der Waals surface area contributed by atoms with Crippen LogP contribution in [-0.4, -0.2) is 77.3 Å². The Labute approximate surface area is 183 Å². The van der Waals surface area contributed by atoms with E-state index in [0.717, 1.165) is 27.7 Å². The molecule has 0 saturated carbocycles. The number of aliphatic hydroxyl groups excluding tert-OH is 4. The number of hydrogen-bond donors (Lipinski definition) is 4. The maximum absolute atomic E-state index is 13.7. The molecule has 1 fully saturated rings. The maximum atomic E-state index is 13.7. The Morgan fingerprint density at radius 2 is 1.26 bits per heavy atom. The highest BCUT2D eigenvalue weighted by Crippen LogP contribution is 2.98. The van der Waals surface area contributed by atoms with Crippen molar-refractivity contribution in [3.8, 4) is 0 Å². The zero-order valence-corrected chi connectivity index (χ0v) is 19.1. The van der Waals surface area contributed by atoms with Crippen LogP contribution in [0.5, 0.6) is 0 Å². The van der Waals surface area contributed by atoms with Crippen LogP contribution >= 0.6 is 19.9 Å². The summed E-state index contributed by atoms with van der Waals surface area (Å²) in [5.74, 6) is 0. The summed E-state index contributed by atoms with van der Waals surface area (Å²) in [7, 11) is -6.38. The van der Waals surface area contributed by atoms with E-state index in [2.05, 4.69) is 0 Å². The fourth-order valence-corrected chi connectivity index (χ4v) is 12.6. The van der Waals surface area contributed by atoms with Crippen molar-refractivity contribution in [1.82, 2.24) is 0 Å². The molecule has 9 nitrogen and oxygen atoms in total. The first-order chi connectivity index (χ1) is 14.2. The van der Waals surface area contributed by atoms with Crippen molar-refractivity contribution < 1.29 is 44.3 Å². The number of hydrogen-bond acceptors (Lipinski definition) is 9. The molecule has 0 spiro atoms. The van der Waals surface area contributed by atoms with Gasteiger partial charge in [-0.3, -0.25) is 19.2 Å². The summed E-state index contributed by atoms with van der Waals surface area (Å²) in [6, 6.07) is 4.91. The zero-order chi connectivity index (χ0) is 24.0. The van der Waals surface area contributed by atoms with Gasteiger partial charge in [-0.15, -0.1) is 0 Å². The number of ether oxygens (including phenoxy) is 1. The van der Waals surface area contributed by atoms with Crippen LogP contribution in [0.3, 0.4) is 0 Å². The second-order valence-corrected chi connectivity index (χ2v) is 14.6. The van der Waals surface area contributed by atoms with Gasteiger partial charge in [0, 0.05) is 37.6 Å². The molecule has 11 heteroatoms. The molecule has 1 aromatic carbocycles. The lowest BCUT2D eigenvalue weighted by atomic mass is 10.0. The first-order valence-corrected chi connectivity index (χ1v) is 12.3. The third-order valence-electron chi connectivity index (χ3n) is 6.81. The molecular weight excluding hydrogens is 452 g/mol. The van der Waals surface area contributed by atoms with Crippen LogP contribution in [0.25, 0.3) is 0 Å². The van der Waals surface area contributed by atoms with E-state index < -0.39 is 65.2 Å². The molecule has 5 atom stereocenters. The van der Waals surface area contributed by atoms with Crippen LogP contribution in [0.2, 0.25) is 5.02 Å². The van der Waals surface area contributed by atoms with E-state index in [0.29, 0.717) is 0 Å². The summed E-state index contributed by atoms with van der Waals surface area (Å²) < 4.78 is 5.66. The van der Waals surface area contributed by atoms with Crippen molar-refractivity contribution in [3.63, 3.8) is 0 Å². The van der Waals surface area contributed by atoms with Gasteiger partial charge in [-0.05, 0) is 32.6 Å². The Morgan fingerprint density at radius 1 is 0.839 bits per heavy atom. The molecular formula is C20H27ClO9S. The van der Waals surface area contributed by atoms with Crippen LogP contribution in [0, 0.1) is 0 Å². The lowest BCUT2D eigenvalue weighted by molar-refractivity contribution is -0.208. The van der Waals surface area contributed by atoms with Crippen LogP contribution in [0.1, 0.15) is 27.7 Å². The molecule has 0 amide bonds. The normalized spacial score (nSPS) is 28.9. The van der Waals surface area contributed by atoms with Gasteiger partial charge in [-0.1, -0.05) is 11.6 Å². The molecule has 1 aliphatic heterocycles. The molecule has 0 aromatic heterocycles. The summed E-state index contributed by atoms with van der Waals surface area (Å²) in [5, 5.41) is 36.9. The van der Waals surface area contributed by atoms with E-state index in [1.807, 2.05) is 0 Å². The highest BCUT2D eigenvalue weighted by molar-refractivity contribution is 8.99. The fraction of sp³-hybridized carbons (Fsp3) is 0.500. The van der Waals surface area contributed by atoms with Gasteiger partial charge in [0.15, 0.2) is 20.5 Å². The number of halogens is 1. The average molecular weight is 479 g/mol. The van der Waals surface area contributed by atoms with Gasteiger partial charge in [0.05, 0.1) is 6.61 Å². The molecule has 4 N–H and O–H groups in total. The number of carbonyl (C=O) groups excluding carboxylic acids is 4. The Balaban J connectivity index is 3.30. The second kappa shape index (κ2) is 7.73. The van der Waals surface area contributed by atoms with Crippen molar-refractivity contribution in [2.75, 3.05) is 6.61 Å². The van der Waals surface area contributed by atoms with Gasteiger partial charge < -0.3 is 25.2 Å². The highest BCUT2D eigenvalue weighted by atomic mass is 35.5. The molecule has 1 aliphatic rings. The average Bonchev–Trinajstić information content (AvgIpc) is 2.69. The van der Waals surface area contributed by atoms with Crippen molar-refractivity contribution in [1.29, 1.82) is 0 Å². The fourth-order valence-electron chi connectivity index (χ4n) is 5.01. The van der Waals surface area contributed by atoms with Gasteiger partial charge in [0.25, 0.3) is 0 Å². The maximum Gasteiger partial charge on any atom is 0.179 e. The van der Waals surface area contributed by atoms with Crippen molar-refractivity contribution >= 4 is 40.4 Å². The lowest BCUT2D eigenvalue weighted by Gasteiger charge is -2.75. The van der Waals surface area contributed by atoms with Gasteiger partial charge in [-0.2, -0.15) is 0 Å². The molecule has 1 heterocycles. The largest absolute Gasteiger partial charge is 0.394 e. The Morgan fingerprint density at radius 3 is 1.61 bits per heavy atom. The Bertz CT molecular complexity index is 884. The van der Waals surface area contributed by atoms with Gasteiger partial charge in [-0.25, -0.2) is 0 Å². The molecule has 1 saturated heterocycles. The molecule has 31 heavy (non-hydrogen) atoms. The van der Waals surface area contributed by atoms with Crippen LogP contribution in [0.4, 0.5) is 0 Å². The van der Waals surface area contributed by atoms with E-state index in [4.69, 9.17) is 16.3 Å². The predicted molar refractivity (Wildman–Crippen MR) is 114 cm³/mol. The second-order valence-electron chi connectivity index (χ2n) is 7.73. The zero-order valence-electron chi connectivity index (χ0n) is 17.5. The molecule has 1 aromatic rings. The number of benzene rings is 1. The van der Waals surface area contributed by atoms with E-state index >= 15 is 0 Å². The summed E-state index contributed by atoms with van der Waals surface area (Å²) in [6.45, 7) is 2.68. The summed E-state index contributed by atoms with van der Waals surface area (Å²) >= 11 is 5.96. The smallest absolute Gasteiger partial charge is 0.179 e. The van der Waals surface area contributed by atoms with E-state index in [9.17, 15) is 39.6 Å². The van der Waals surface area contributed by atoms with Crippen LogP contribution in [-0.2, 0) is 23.9 Å². The van der Waals surface area contributed by atoms with Gasteiger partial charge in [0.2, 0.25) is 0 Å². The predicted octanol–water partition coefficient (Wildman–Crippen LogP) is 0.561. The quantitative estimate of drug-likeness (QED) is 0.486. The number of aliphatic hydroxyl groups is 4. The first-order valence-electron chi connectivity index (χ1n) is 9.39. The van der Waals surface area contributed by atoms with Crippen molar-refractivity contribution in [3.05, 3.63) is 29.3 Å². The van der Waals surface area contributed by atoms with E-state index in [-0.39, 0.29) is 9.92 Å². The molecule has 0 aliphatic carbocycles. The number of carbonyl (C=O) groups is 4. The minimum absolute atomic E-state index is 0.182. The third-order valence-corrected chi connectivity index (χ3v) is 16.0. The van der Waals surface area contributed by atoms with Crippen molar-refractivity contribution in [2.24, 2.45) is 0 Å². The highest BCUT2D eigenvalue weighted by Gasteiger charge is 2.85. The Hall–Kier alpha value is -1.66.